The Hall–Kier alpha value is -1.94. The Morgan fingerprint density at radius 1 is 1.35 bits per heavy atom. The van der Waals surface area contributed by atoms with Gasteiger partial charge < -0.3 is 10.6 Å². The van der Waals surface area contributed by atoms with E-state index in [-0.39, 0.29) is 5.91 Å². The van der Waals surface area contributed by atoms with Gasteiger partial charge in [0.2, 0.25) is 5.91 Å². The first-order valence-corrected chi connectivity index (χ1v) is 5.59. The second-order valence-corrected chi connectivity index (χ2v) is 3.81. The van der Waals surface area contributed by atoms with Crippen LogP contribution in [-0.2, 0) is 4.79 Å². The Bertz CT molecular complexity index is 525. The fourth-order valence-electron chi connectivity index (χ4n) is 1.62. The van der Waals surface area contributed by atoms with Gasteiger partial charge in [-0.25, -0.2) is 0 Å². The van der Waals surface area contributed by atoms with Crippen molar-refractivity contribution in [2.75, 3.05) is 18.9 Å². The molecule has 2 N–H and O–H groups in total. The van der Waals surface area contributed by atoms with Crippen LogP contribution in [0.3, 0.4) is 0 Å². The molecule has 1 aromatic carbocycles. The molecule has 0 atom stereocenters. The Kier molecular flexibility index (Phi) is 3.67. The maximum absolute atomic E-state index is 11.5. The highest BCUT2D eigenvalue weighted by Crippen LogP contribution is 2.16. The number of fused-ring (bicyclic) bond motifs is 1. The predicted molar refractivity (Wildman–Crippen MR) is 68.9 cm³/mol. The highest BCUT2D eigenvalue weighted by molar-refractivity contribution is 5.93. The molecule has 0 aliphatic heterocycles. The zero-order valence-corrected chi connectivity index (χ0v) is 9.73. The SMILES string of the molecule is CNCCC(=O)Nc1ccc2ncccc2c1. The summed E-state index contributed by atoms with van der Waals surface area (Å²) in [5.74, 6) is 0.0163. The van der Waals surface area contributed by atoms with E-state index in [1.165, 1.54) is 0 Å². The summed E-state index contributed by atoms with van der Waals surface area (Å²) in [6.07, 6.45) is 2.23. The topological polar surface area (TPSA) is 54.0 Å². The Morgan fingerprint density at radius 2 is 2.24 bits per heavy atom. The molecule has 0 saturated heterocycles. The highest BCUT2D eigenvalue weighted by Gasteiger charge is 2.02. The minimum Gasteiger partial charge on any atom is -0.326 e. The van der Waals surface area contributed by atoms with E-state index in [1.807, 2.05) is 37.4 Å². The maximum Gasteiger partial charge on any atom is 0.225 e. The van der Waals surface area contributed by atoms with Crippen LogP contribution in [0.1, 0.15) is 6.42 Å². The Labute approximate surface area is 100 Å². The molecule has 88 valence electrons. The molecular formula is C13H15N3O. The summed E-state index contributed by atoms with van der Waals surface area (Å²) in [4.78, 5) is 15.8. The smallest absolute Gasteiger partial charge is 0.225 e. The van der Waals surface area contributed by atoms with Crippen molar-refractivity contribution in [1.29, 1.82) is 0 Å². The van der Waals surface area contributed by atoms with E-state index in [9.17, 15) is 4.79 Å². The lowest BCUT2D eigenvalue weighted by Crippen LogP contribution is -2.18. The summed E-state index contributed by atoms with van der Waals surface area (Å²) in [6.45, 7) is 0.682. The summed E-state index contributed by atoms with van der Waals surface area (Å²) in [5.41, 5.74) is 1.74. The van der Waals surface area contributed by atoms with Crippen LogP contribution in [0, 0.1) is 0 Å². The quantitative estimate of drug-likeness (QED) is 0.840. The zero-order valence-electron chi connectivity index (χ0n) is 9.73. The second kappa shape index (κ2) is 5.41. The minimum atomic E-state index is 0.0163. The lowest BCUT2D eigenvalue weighted by molar-refractivity contribution is -0.116. The number of nitrogens with zero attached hydrogens (tertiary/aromatic N) is 1. The monoisotopic (exact) mass is 229 g/mol. The number of amides is 1. The van der Waals surface area contributed by atoms with Gasteiger partial charge in [0.15, 0.2) is 0 Å². The number of anilines is 1. The third-order valence-electron chi connectivity index (χ3n) is 2.49. The van der Waals surface area contributed by atoms with Gasteiger partial charge in [-0.1, -0.05) is 6.07 Å². The van der Waals surface area contributed by atoms with E-state index < -0.39 is 0 Å². The van der Waals surface area contributed by atoms with Crippen molar-refractivity contribution in [1.82, 2.24) is 10.3 Å². The fourth-order valence-corrected chi connectivity index (χ4v) is 1.62. The van der Waals surface area contributed by atoms with Crippen molar-refractivity contribution < 1.29 is 4.79 Å². The van der Waals surface area contributed by atoms with Crippen molar-refractivity contribution in [3.05, 3.63) is 36.5 Å². The first-order chi connectivity index (χ1) is 8.29. The van der Waals surface area contributed by atoms with Crippen LogP contribution in [0.25, 0.3) is 10.9 Å². The molecule has 1 heterocycles. The van der Waals surface area contributed by atoms with E-state index in [1.54, 1.807) is 6.20 Å². The van der Waals surface area contributed by atoms with Crippen LogP contribution < -0.4 is 10.6 Å². The van der Waals surface area contributed by atoms with Crippen LogP contribution in [0.5, 0.6) is 0 Å². The third-order valence-corrected chi connectivity index (χ3v) is 2.49. The lowest BCUT2D eigenvalue weighted by atomic mass is 10.2. The average Bonchev–Trinajstić information content (AvgIpc) is 2.36. The lowest BCUT2D eigenvalue weighted by Gasteiger charge is -2.06. The molecule has 1 amide bonds. The van der Waals surface area contributed by atoms with E-state index in [2.05, 4.69) is 15.6 Å². The first kappa shape index (κ1) is 11.5. The predicted octanol–water partition coefficient (Wildman–Crippen LogP) is 1.78. The van der Waals surface area contributed by atoms with Crippen LogP contribution in [0.4, 0.5) is 5.69 Å². The highest BCUT2D eigenvalue weighted by atomic mass is 16.1. The number of hydrogen-bond acceptors (Lipinski definition) is 3. The van der Waals surface area contributed by atoms with Crippen molar-refractivity contribution in [3.8, 4) is 0 Å². The second-order valence-electron chi connectivity index (χ2n) is 3.81. The summed E-state index contributed by atoms with van der Waals surface area (Å²) >= 11 is 0. The molecule has 0 aliphatic carbocycles. The Morgan fingerprint density at radius 3 is 3.06 bits per heavy atom. The van der Waals surface area contributed by atoms with Gasteiger partial charge in [-0.05, 0) is 31.3 Å². The van der Waals surface area contributed by atoms with Gasteiger partial charge in [0.25, 0.3) is 0 Å². The summed E-state index contributed by atoms with van der Waals surface area (Å²) in [6, 6.07) is 9.57. The Balaban J connectivity index is 2.11. The molecule has 0 bridgehead atoms. The number of carbonyl (C=O) groups is 1. The molecule has 2 rings (SSSR count). The molecular weight excluding hydrogens is 214 g/mol. The number of carbonyl (C=O) groups excluding carboxylic acids is 1. The molecule has 0 aliphatic rings. The third kappa shape index (κ3) is 3.01. The van der Waals surface area contributed by atoms with Gasteiger partial charge in [0.05, 0.1) is 5.52 Å². The number of nitrogens with one attached hydrogen (secondary N) is 2. The largest absolute Gasteiger partial charge is 0.326 e. The standard InChI is InChI=1S/C13H15N3O/c1-14-8-6-13(17)16-11-4-5-12-10(9-11)3-2-7-15-12/h2-5,7,9,14H,6,8H2,1H3,(H,16,17). The van der Waals surface area contributed by atoms with Crippen molar-refractivity contribution in [2.24, 2.45) is 0 Å². The van der Waals surface area contributed by atoms with Gasteiger partial charge in [0, 0.05) is 30.2 Å². The summed E-state index contributed by atoms with van der Waals surface area (Å²) in [5, 5.41) is 6.83. The molecule has 0 radical (unpaired) electrons. The van der Waals surface area contributed by atoms with Gasteiger partial charge >= 0.3 is 0 Å². The average molecular weight is 229 g/mol. The van der Waals surface area contributed by atoms with Crippen LogP contribution in [-0.4, -0.2) is 24.5 Å². The molecule has 1 aromatic heterocycles. The molecule has 0 unspecified atom stereocenters. The molecule has 0 fully saturated rings. The summed E-state index contributed by atoms with van der Waals surface area (Å²) in [7, 11) is 1.83. The number of pyridine rings is 1. The number of benzene rings is 1. The molecule has 2 aromatic rings. The molecule has 0 spiro atoms. The van der Waals surface area contributed by atoms with Gasteiger partial charge in [0.1, 0.15) is 0 Å². The van der Waals surface area contributed by atoms with Crippen LogP contribution >= 0.6 is 0 Å². The van der Waals surface area contributed by atoms with Gasteiger partial charge in [-0.3, -0.25) is 9.78 Å². The van der Waals surface area contributed by atoms with E-state index in [0.29, 0.717) is 13.0 Å². The van der Waals surface area contributed by atoms with Crippen molar-refractivity contribution >= 4 is 22.5 Å². The van der Waals surface area contributed by atoms with Gasteiger partial charge in [-0.15, -0.1) is 0 Å². The summed E-state index contributed by atoms with van der Waals surface area (Å²) < 4.78 is 0. The number of aromatic nitrogens is 1. The first-order valence-electron chi connectivity index (χ1n) is 5.59. The van der Waals surface area contributed by atoms with Crippen LogP contribution in [0.15, 0.2) is 36.5 Å². The molecule has 4 nitrogen and oxygen atoms in total. The van der Waals surface area contributed by atoms with E-state index in [4.69, 9.17) is 0 Å². The molecule has 17 heavy (non-hydrogen) atoms. The molecule has 4 heteroatoms. The van der Waals surface area contributed by atoms with Crippen molar-refractivity contribution in [2.45, 2.75) is 6.42 Å². The van der Waals surface area contributed by atoms with Crippen LogP contribution in [0.2, 0.25) is 0 Å². The van der Waals surface area contributed by atoms with E-state index >= 15 is 0 Å². The zero-order chi connectivity index (χ0) is 12.1. The maximum atomic E-state index is 11.5. The molecule has 0 saturated carbocycles. The minimum absolute atomic E-state index is 0.0163. The normalized spacial score (nSPS) is 10.4. The van der Waals surface area contributed by atoms with Crippen molar-refractivity contribution in [3.63, 3.8) is 0 Å². The fraction of sp³-hybridized carbons (Fsp3) is 0.231. The van der Waals surface area contributed by atoms with Gasteiger partial charge in [-0.2, -0.15) is 0 Å². The number of hydrogen-bond donors (Lipinski definition) is 2. The van der Waals surface area contributed by atoms with E-state index in [0.717, 1.165) is 16.6 Å². The number of rotatable bonds is 4.